The van der Waals surface area contributed by atoms with Crippen LogP contribution in [0.25, 0.3) is 16.5 Å². The minimum atomic E-state index is -0.680. The number of carbonyl (C=O) groups is 2. The molecule has 0 saturated carbocycles. The molecule has 0 aliphatic heterocycles. The number of ether oxygens (including phenoxy) is 2. The van der Waals surface area contributed by atoms with E-state index in [1.165, 1.54) is 10.9 Å². The molecule has 4 rings (SSSR count). The van der Waals surface area contributed by atoms with Crippen molar-refractivity contribution in [2.45, 2.75) is 13.8 Å². The highest BCUT2D eigenvalue weighted by Gasteiger charge is 2.27. The second-order valence-corrected chi connectivity index (χ2v) is 7.68. The van der Waals surface area contributed by atoms with Crippen LogP contribution in [-0.2, 0) is 4.74 Å². The van der Waals surface area contributed by atoms with Crippen LogP contribution in [-0.4, -0.2) is 41.6 Å². The van der Waals surface area contributed by atoms with Gasteiger partial charge in [-0.2, -0.15) is 10.2 Å². The van der Waals surface area contributed by atoms with Crippen LogP contribution in [0.3, 0.4) is 0 Å². The zero-order chi connectivity index (χ0) is 24.9. The molecule has 3 aromatic carbocycles. The lowest BCUT2D eigenvalue weighted by Gasteiger charge is -2.08. The van der Waals surface area contributed by atoms with Gasteiger partial charge in [0.05, 0.1) is 31.3 Å². The van der Waals surface area contributed by atoms with E-state index >= 15 is 0 Å². The average Bonchev–Trinajstić information content (AvgIpc) is 3.21. The van der Waals surface area contributed by atoms with E-state index in [-0.39, 0.29) is 23.7 Å². The number of fused-ring (bicyclic) bond motifs is 1. The maximum Gasteiger partial charge on any atom is 0.359 e. The first-order chi connectivity index (χ1) is 16.9. The van der Waals surface area contributed by atoms with Crippen molar-refractivity contribution in [3.05, 3.63) is 83.2 Å². The van der Waals surface area contributed by atoms with Crippen LogP contribution in [0.2, 0.25) is 0 Å². The summed E-state index contributed by atoms with van der Waals surface area (Å²) in [5, 5.41) is 10.3. The Kier molecular flexibility index (Phi) is 6.77. The molecule has 9 heteroatoms. The number of rotatable bonds is 7. The molecule has 0 radical (unpaired) electrons. The number of anilines is 1. The van der Waals surface area contributed by atoms with Gasteiger partial charge >= 0.3 is 5.97 Å². The number of aryl methyl sites for hydroxylation is 1. The Morgan fingerprint density at radius 2 is 1.86 bits per heavy atom. The molecule has 0 saturated heterocycles. The smallest absolute Gasteiger partial charge is 0.359 e. The third-order valence-electron chi connectivity index (χ3n) is 5.39. The second kappa shape index (κ2) is 10.1. The summed E-state index contributed by atoms with van der Waals surface area (Å²) in [6.07, 6.45) is 1.50. The number of esters is 1. The summed E-state index contributed by atoms with van der Waals surface area (Å²) in [6, 6.07) is 18.8. The van der Waals surface area contributed by atoms with E-state index in [2.05, 4.69) is 15.6 Å². The first-order valence-electron chi connectivity index (χ1n) is 11.0. The predicted octanol–water partition coefficient (Wildman–Crippen LogP) is 3.87. The highest BCUT2D eigenvalue weighted by Crippen LogP contribution is 2.26. The summed E-state index contributed by atoms with van der Waals surface area (Å²) < 4.78 is 11.9. The average molecular weight is 472 g/mol. The van der Waals surface area contributed by atoms with Crippen molar-refractivity contribution in [2.75, 3.05) is 19.5 Å². The topological polar surface area (TPSA) is 121 Å². The Morgan fingerprint density at radius 1 is 1.11 bits per heavy atom. The first-order valence-corrected chi connectivity index (χ1v) is 11.0. The molecule has 0 bridgehead atoms. The van der Waals surface area contributed by atoms with Crippen LogP contribution in [0.15, 0.2) is 65.8 Å². The van der Waals surface area contributed by atoms with Crippen molar-refractivity contribution in [3.8, 4) is 11.4 Å². The molecule has 0 aliphatic carbocycles. The van der Waals surface area contributed by atoms with E-state index in [0.29, 0.717) is 17.0 Å². The molecule has 0 spiro atoms. The van der Waals surface area contributed by atoms with Gasteiger partial charge in [-0.05, 0) is 42.8 Å². The molecule has 9 nitrogen and oxygen atoms in total. The number of hydrogen-bond donors (Lipinski definition) is 2. The van der Waals surface area contributed by atoms with Gasteiger partial charge in [-0.25, -0.2) is 14.9 Å². The Bertz CT molecular complexity index is 1420. The Balaban J connectivity index is 1.67. The first kappa shape index (κ1) is 23.5. The molecule has 0 unspecified atom stereocenters. The fourth-order valence-electron chi connectivity index (χ4n) is 3.66. The number of methoxy groups -OCH3 is 1. The van der Waals surface area contributed by atoms with Crippen LogP contribution < -0.4 is 15.9 Å². The molecule has 178 valence electrons. The number of nitrogens with zero attached hydrogens (tertiary/aromatic N) is 3. The number of nitrogens with two attached hydrogens (primary N) is 1. The molecule has 35 heavy (non-hydrogen) atoms. The van der Waals surface area contributed by atoms with Crippen LogP contribution in [0.4, 0.5) is 5.69 Å². The van der Waals surface area contributed by atoms with E-state index in [1.54, 1.807) is 26.2 Å². The number of hydrazone groups is 1. The number of carbonyl (C=O) groups excluding carboxylic acids is 2. The number of amides is 1. The van der Waals surface area contributed by atoms with E-state index in [1.807, 2.05) is 55.5 Å². The summed E-state index contributed by atoms with van der Waals surface area (Å²) in [4.78, 5) is 25.6. The standard InChI is InChI=1S/C26H25N5O4/c1-4-35-26(33)24-22(27)23(30-31(24)18-12-9-16(2)10-13-18)25(32)29-28-15-20-19-8-6-5-7-17(19)11-14-21(20)34-3/h5-15H,4,27H2,1-3H3,(H,29,32)/b28-15+. The van der Waals surface area contributed by atoms with Crippen LogP contribution >= 0.6 is 0 Å². The van der Waals surface area contributed by atoms with Gasteiger partial charge in [0.25, 0.3) is 5.91 Å². The lowest BCUT2D eigenvalue weighted by molar-refractivity contribution is 0.0517. The van der Waals surface area contributed by atoms with Gasteiger partial charge in [-0.15, -0.1) is 0 Å². The SMILES string of the molecule is CCOC(=O)c1c(N)c(C(=O)N/N=C/c2c(OC)ccc3ccccc23)nn1-c1ccc(C)cc1. The summed E-state index contributed by atoms with van der Waals surface area (Å²) in [5.41, 5.74) is 10.7. The third kappa shape index (κ3) is 4.70. The quantitative estimate of drug-likeness (QED) is 0.240. The maximum atomic E-state index is 12.9. The van der Waals surface area contributed by atoms with Crippen molar-refractivity contribution in [3.63, 3.8) is 0 Å². The highest BCUT2D eigenvalue weighted by molar-refractivity contribution is 6.05. The summed E-state index contributed by atoms with van der Waals surface area (Å²) in [5.74, 6) is -0.745. The molecule has 4 aromatic rings. The Morgan fingerprint density at radius 3 is 2.57 bits per heavy atom. The number of benzene rings is 3. The molecule has 1 heterocycles. The summed E-state index contributed by atoms with van der Waals surface area (Å²) >= 11 is 0. The highest BCUT2D eigenvalue weighted by atomic mass is 16.5. The lowest BCUT2D eigenvalue weighted by atomic mass is 10.0. The van der Waals surface area contributed by atoms with Crippen molar-refractivity contribution in [1.29, 1.82) is 0 Å². The van der Waals surface area contributed by atoms with E-state index in [4.69, 9.17) is 15.2 Å². The maximum absolute atomic E-state index is 12.9. The molecule has 1 amide bonds. The van der Waals surface area contributed by atoms with E-state index < -0.39 is 11.9 Å². The molecule has 1 aromatic heterocycles. The fraction of sp³-hybridized carbons (Fsp3) is 0.154. The zero-order valence-electron chi connectivity index (χ0n) is 19.6. The van der Waals surface area contributed by atoms with Gasteiger partial charge in [0, 0.05) is 5.56 Å². The van der Waals surface area contributed by atoms with Gasteiger partial charge in [0.1, 0.15) is 5.75 Å². The van der Waals surface area contributed by atoms with Crippen molar-refractivity contribution in [2.24, 2.45) is 5.10 Å². The number of nitrogen functional groups attached to an aromatic ring is 1. The molecular weight excluding hydrogens is 446 g/mol. The molecule has 0 fully saturated rings. The second-order valence-electron chi connectivity index (χ2n) is 7.68. The third-order valence-corrected chi connectivity index (χ3v) is 5.39. The van der Waals surface area contributed by atoms with Crippen LogP contribution in [0, 0.1) is 6.92 Å². The zero-order valence-corrected chi connectivity index (χ0v) is 19.6. The Labute approximate surface area is 202 Å². The van der Waals surface area contributed by atoms with Gasteiger partial charge in [-0.1, -0.05) is 48.0 Å². The van der Waals surface area contributed by atoms with Gasteiger partial charge in [-0.3, -0.25) is 4.79 Å². The normalized spacial score (nSPS) is 11.1. The van der Waals surface area contributed by atoms with Crippen LogP contribution in [0.5, 0.6) is 5.75 Å². The molecule has 0 aliphatic rings. The van der Waals surface area contributed by atoms with Crippen molar-refractivity contribution < 1.29 is 19.1 Å². The van der Waals surface area contributed by atoms with Gasteiger partial charge in [0.2, 0.25) is 0 Å². The van der Waals surface area contributed by atoms with Crippen molar-refractivity contribution >= 4 is 34.6 Å². The molecule has 3 N–H and O–H groups in total. The molecular formula is C26H25N5O4. The van der Waals surface area contributed by atoms with E-state index in [9.17, 15) is 9.59 Å². The monoisotopic (exact) mass is 471 g/mol. The van der Waals surface area contributed by atoms with Gasteiger partial charge < -0.3 is 15.2 Å². The Hall–Kier alpha value is -4.66. The minimum absolute atomic E-state index is 0.0273. The summed E-state index contributed by atoms with van der Waals surface area (Å²) in [7, 11) is 1.56. The molecule has 0 atom stereocenters. The largest absolute Gasteiger partial charge is 0.496 e. The van der Waals surface area contributed by atoms with E-state index in [0.717, 1.165) is 16.3 Å². The number of aromatic nitrogens is 2. The fourth-order valence-corrected chi connectivity index (χ4v) is 3.66. The van der Waals surface area contributed by atoms with Crippen LogP contribution in [0.1, 0.15) is 39.0 Å². The summed E-state index contributed by atoms with van der Waals surface area (Å²) in [6.45, 7) is 3.77. The van der Waals surface area contributed by atoms with Gasteiger partial charge in [0.15, 0.2) is 11.4 Å². The van der Waals surface area contributed by atoms with Crippen molar-refractivity contribution in [1.82, 2.24) is 15.2 Å². The number of hydrogen-bond acceptors (Lipinski definition) is 7. The lowest BCUT2D eigenvalue weighted by Crippen LogP contribution is -2.20. The minimum Gasteiger partial charge on any atom is -0.496 e. The predicted molar refractivity (Wildman–Crippen MR) is 134 cm³/mol. The number of nitrogens with one attached hydrogen (secondary N) is 1.